The monoisotopic (exact) mass is 254 g/mol. The Labute approximate surface area is 118 Å². The fourth-order valence-corrected chi connectivity index (χ4v) is 2.98. The Morgan fingerprint density at radius 1 is 0.600 bits per heavy atom. The average Bonchev–Trinajstić information content (AvgIpc) is 2.52. The van der Waals surface area contributed by atoms with Crippen LogP contribution < -0.4 is 0 Å². The highest BCUT2D eigenvalue weighted by molar-refractivity contribution is 6.13. The minimum absolute atomic E-state index is 1.19. The van der Waals surface area contributed by atoms with E-state index in [-0.39, 0.29) is 0 Å². The molecule has 0 nitrogen and oxygen atoms in total. The van der Waals surface area contributed by atoms with Crippen molar-refractivity contribution in [1.29, 1.82) is 0 Å². The van der Waals surface area contributed by atoms with Crippen molar-refractivity contribution < 1.29 is 0 Å². The fourth-order valence-electron chi connectivity index (χ4n) is 2.98. The second kappa shape index (κ2) is 4.21. The summed E-state index contributed by atoms with van der Waals surface area (Å²) in [5.41, 5.74) is 1.19. The van der Waals surface area contributed by atoms with Crippen LogP contribution in [0.15, 0.2) is 73.3 Å². The smallest absolute Gasteiger partial charge is 0.00988 e. The normalized spacial score (nSPS) is 11.2. The summed E-state index contributed by atoms with van der Waals surface area (Å²) in [5.74, 6) is 0. The highest BCUT2D eigenvalue weighted by Gasteiger charge is 2.04. The molecular formula is C20H14. The molecule has 0 spiro atoms. The highest BCUT2D eigenvalue weighted by Crippen LogP contribution is 2.31. The minimum Gasteiger partial charge on any atom is -0.0984 e. The maximum atomic E-state index is 3.92. The number of fused-ring (bicyclic) bond motifs is 4. The van der Waals surface area contributed by atoms with Gasteiger partial charge in [0.15, 0.2) is 0 Å². The maximum absolute atomic E-state index is 3.92. The van der Waals surface area contributed by atoms with Gasteiger partial charge in [0.25, 0.3) is 0 Å². The molecule has 94 valence electrons. The van der Waals surface area contributed by atoms with E-state index < -0.39 is 0 Å². The first-order valence-electron chi connectivity index (χ1n) is 6.83. The molecule has 4 aromatic carbocycles. The summed E-state index contributed by atoms with van der Waals surface area (Å²) in [5, 5.41) is 7.74. The topological polar surface area (TPSA) is 0 Å². The van der Waals surface area contributed by atoms with Gasteiger partial charge < -0.3 is 0 Å². The lowest BCUT2D eigenvalue weighted by atomic mass is 9.96. The van der Waals surface area contributed by atoms with E-state index in [0.717, 1.165) is 0 Å². The number of hydrogen-bond donors (Lipinski definition) is 0. The number of rotatable bonds is 1. The molecule has 0 saturated heterocycles. The molecular weight excluding hydrogens is 240 g/mol. The van der Waals surface area contributed by atoms with E-state index in [1.54, 1.807) is 0 Å². The lowest BCUT2D eigenvalue weighted by molar-refractivity contribution is 1.74. The molecule has 0 heteroatoms. The Hall–Kier alpha value is -2.60. The Morgan fingerprint density at radius 3 is 2.25 bits per heavy atom. The third-order valence-corrected chi connectivity index (χ3v) is 4.00. The molecule has 4 rings (SSSR count). The first-order chi connectivity index (χ1) is 9.86. The Balaban J connectivity index is 2.25. The SMILES string of the molecule is C=Cc1cccc2cc3ccc4ccccc4c3cc12. The molecule has 0 saturated carbocycles. The van der Waals surface area contributed by atoms with Crippen LogP contribution in [0.4, 0.5) is 0 Å². The fraction of sp³-hybridized carbons (Fsp3) is 0. The molecule has 4 aromatic rings. The zero-order chi connectivity index (χ0) is 13.5. The van der Waals surface area contributed by atoms with Crippen molar-refractivity contribution in [3.8, 4) is 0 Å². The zero-order valence-electron chi connectivity index (χ0n) is 11.1. The zero-order valence-corrected chi connectivity index (χ0v) is 11.1. The first-order valence-corrected chi connectivity index (χ1v) is 6.83. The van der Waals surface area contributed by atoms with Crippen molar-refractivity contribution in [2.75, 3.05) is 0 Å². The molecule has 0 radical (unpaired) electrons. The lowest BCUT2D eigenvalue weighted by Crippen LogP contribution is -1.82. The lowest BCUT2D eigenvalue weighted by Gasteiger charge is -2.08. The second-order valence-electron chi connectivity index (χ2n) is 5.13. The van der Waals surface area contributed by atoms with Crippen LogP contribution in [0.3, 0.4) is 0 Å². The summed E-state index contributed by atoms with van der Waals surface area (Å²) in [6, 6.07) is 23.9. The minimum atomic E-state index is 1.19. The van der Waals surface area contributed by atoms with Crippen LogP contribution >= 0.6 is 0 Å². The van der Waals surface area contributed by atoms with E-state index in [2.05, 4.69) is 73.3 Å². The molecule has 0 heterocycles. The van der Waals surface area contributed by atoms with E-state index >= 15 is 0 Å². The summed E-state index contributed by atoms with van der Waals surface area (Å²) < 4.78 is 0. The van der Waals surface area contributed by atoms with Gasteiger partial charge in [0.2, 0.25) is 0 Å². The molecule has 0 aromatic heterocycles. The van der Waals surface area contributed by atoms with Crippen LogP contribution in [-0.2, 0) is 0 Å². The summed E-state index contributed by atoms with van der Waals surface area (Å²) >= 11 is 0. The van der Waals surface area contributed by atoms with E-state index in [4.69, 9.17) is 0 Å². The highest BCUT2D eigenvalue weighted by atomic mass is 14.1. The summed E-state index contributed by atoms with van der Waals surface area (Å²) in [6.45, 7) is 3.92. The standard InChI is InChI=1S/C20H14/c1-2-14-7-5-8-16-12-17-11-10-15-6-3-4-9-18(15)20(17)13-19(14)16/h2-13H,1H2. The summed E-state index contributed by atoms with van der Waals surface area (Å²) in [7, 11) is 0. The van der Waals surface area contributed by atoms with Gasteiger partial charge in [-0.1, -0.05) is 67.3 Å². The van der Waals surface area contributed by atoms with Gasteiger partial charge in [0.05, 0.1) is 0 Å². The first kappa shape index (κ1) is 11.2. The van der Waals surface area contributed by atoms with E-state index in [9.17, 15) is 0 Å². The number of hydrogen-bond acceptors (Lipinski definition) is 0. The van der Waals surface area contributed by atoms with E-state index in [0.29, 0.717) is 0 Å². The quantitative estimate of drug-likeness (QED) is 0.298. The molecule has 0 amide bonds. The van der Waals surface area contributed by atoms with Crippen molar-refractivity contribution in [2.24, 2.45) is 0 Å². The van der Waals surface area contributed by atoms with Gasteiger partial charge in [-0.15, -0.1) is 0 Å². The van der Waals surface area contributed by atoms with Crippen LogP contribution in [-0.4, -0.2) is 0 Å². The molecule has 0 atom stereocenters. The predicted molar refractivity (Wildman–Crippen MR) is 89.1 cm³/mol. The number of benzene rings is 4. The van der Waals surface area contributed by atoms with Crippen molar-refractivity contribution in [1.82, 2.24) is 0 Å². The van der Waals surface area contributed by atoms with Crippen molar-refractivity contribution in [2.45, 2.75) is 0 Å². The Bertz CT molecular complexity index is 961. The molecule has 0 aliphatic carbocycles. The van der Waals surface area contributed by atoms with Crippen molar-refractivity contribution in [3.63, 3.8) is 0 Å². The molecule has 0 aliphatic rings. The third-order valence-electron chi connectivity index (χ3n) is 4.00. The molecule has 0 bridgehead atoms. The van der Waals surface area contributed by atoms with Gasteiger partial charge in [-0.3, -0.25) is 0 Å². The molecule has 20 heavy (non-hydrogen) atoms. The van der Waals surface area contributed by atoms with Crippen LogP contribution in [0.25, 0.3) is 38.4 Å². The maximum Gasteiger partial charge on any atom is -0.00988 e. The van der Waals surface area contributed by atoms with Crippen LogP contribution in [0.2, 0.25) is 0 Å². The van der Waals surface area contributed by atoms with Gasteiger partial charge in [0.1, 0.15) is 0 Å². The summed E-state index contributed by atoms with van der Waals surface area (Å²) in [6.07, 6.45) is 1.93. The van der Waals surface area contributed by atoms with Crippen LogP contribution in [0.5, 0.6) is 0 Å². The Morgan fingerprint density at radius 2 is 1.35 bits per heavy atom. The van der Waals surface area contributed by atoms with Gasteiger partial charge in [0, 0.05) is 0 Å². The molecule has 0 fully saturated rings. The van der Waals surface area contributed by atoms with Gasteiger partial charge >= 0.3 is 0 Å². The average molecular weight is 254 g/mol. The van der Waals surface area contributed by atoms with Crippen molar-refractivity contribution in [3.05, 3.63) is 78.9 Å². The van der Waals surface area contributed by atoms with Gasteiger partial charge in [-0.2, -0.15) is 0 Å². The summed E-state index contributed by atoms with van der Waals surface area (Å²) in [4.78, 5) is 0. The van der Waals surface area contributed by atoms with E-state index in [1.165, 1.54) is 37.9 Å². The van der Waals surface area contributed by atoms with Crippen LogP contribution in [0.1, 0.15) is 5.56 Å². The predicted octanol–water partition coefficient (Wildman–Crippen LogP) is 5.79. The molecule has 0 N–H and O–H groups in total. The molecule has 0 unspecified atom stereocenters. The van der Waals surface area contributed by atoms with Crippen LogP contribution in [0, 0.1) is 0 Å². The van der Waals surface area contributed by atoms with E-state index in [1.807, 2.05) is 6.08 Å². The Kier molecular flexibility index (Phi) is 2.37. The second-order valence-corrected chi connectivity index (χ2v) is 5.13. The van der Waals surface area contributed by atoms with Crippen molar-refractivity contribution >= 4 is 38.4 Å². The van der Waals surface area contributed by atoms with Gasteiger partial charge in [-0.25, -0.2) is 0 Å². The third kappa shape index (κ3) is 1.55. The molecule has 0 aliphatic heterocycles. The van der Waals surface area contributed by atoms with Gasteiger partial charge in [-0.05, 0) is 50.0 Å². The largest absolute Gasteiger partial charge is 0.0984 e.